The highest BCUT2D eigenvalue weighted by Crippen LogP contribution is 2.37. The van der Waals surface area contributed by atoms with E-state index in [0.29, 0.717) is 22.1 Å². The Hall–Kier alpha value is -1.63. The number of hydrogen-bond donors (Lipinski definition) is 2. The summed E-state index contributed by atoms with van der Waals surface area (Å²) in [6.45, 7) is 0.401. The summed E-state index contributed by atoms with van der Waals surface area (Å²) in [5.74, 6) is -0.199. The molecule has 0 aliphatic rings. The number of aromatic nitrogens is 1. The number of thiazole rings is 1. The van der Waals surface area contributed by atoms with Crippen LogP contribution in [0.25, 0.3) is 10.1 Å². The molecule has 0 radical (unpaired) electrons. The van der Waals surface area contributed by atoms with Gasteiger partial charge in [0.15, 0.2) is 0 Å². The van der Waals surface area contributed by atoms with Crippen LogP contribution < -0.4 is 11.1 Å². The van der Waals surface area contributed by atoms with Gasteiger partial charge in [0, 0.05) is 21.7 Å². The molecular weight excluding hydrogens is 314 g/mol. The number of nitrogens with one attached hydrogen (secondary N) is 1. The molecule has 0 fully saturated rings. The molecule has 2 heterocycles. The van der Waals surface area contributed by atoms with Gasteiger partial charge in [-0.25, -0.2) is 4.98 Å². The first kappa shape index (κ1) is 13.4. The summed E-state index contributed by atoms with van der Waals surface area (Å²) in [6, 6.07) is 5.52. The van der Waals surface area contributed by atoms with E-state index >= 15 is 0 Å². The lowest BCUT2D eigenvalue weighted by molar-refractivity contribution is 0.0956. The van der Waals surface area contributed by atoms with E-state index in [4.69, 9.17) is 17.3 Å². The zero-order valence-electron chi connectivity index (χ0n) is 10.2. The van der Waals surface area contributed by atoms with Gasteiger partial charge in [0.05, 0.1) is 17.3 Å². The first-order valence-corrected chi connectivity index (χ1v) is 7.87. The topological polar surface area (TPSA) is 68.0 Å². The van der Waals surface area contributed by atoms with Crippen molar-refractivity contribution in [3.8, 4) is 0 Å². The van der Waals surface area contributed by atoms with Crippen molar-refractivity contribution in [3.05, 3.63) is 44.7 Å². The summed E-state index contributed by atoms with van der Waals surface area (Å²) in [4.78, 5) is 16.8. The van der Waals surface area contributed by atoms with Gasteiger partial charge in [-0.2, -0.15) is 0 Å². The number of hydrogen-bond acceptors (Lipinski definition) is 5. The van der Waals surface area contributed by atoms with Crippen molar-refractivity contribution in [2.45, 2.75) is 6.54 Å². The highest BCUT2D eigenvalue weighted by atomic mass is 35.5. The predicted octanol–water partition coefficient (Wildman–Crippen LogP) is 3.52. The molecule has 0 bridgehead atoms. The van der Waals surface area contributed by atoms with Crippen LogP contribution >= 0.6 is 34.3 Å². The molecule has 2 aromatic heterocycles. The number of thiophene rings is 1. The maximum atomic E-state index is 12.2. The average Bonchev–Trinajstić information content (AvgIpc) is 3.05. The Morgan fingerprint density at radius 2 is 2.30 bits per heavy atom. The number of carbonyl (C=O) groups excluding carboxylic acids is 1. The van der Waals surface area contributed by atoms with E-state index in [-0.39, 0.29) is 5.91 Å². The van der Waals surface area contributed by atoms with Crippen molar-refractivity contribution in [2.75, 3.05) is 5.73 Å². The lowest BCUT2D eigenvalue weighted by Gasteiger charge is -2.02. The van der Waals surface area contributed by atoms with Crippen LogP contribution in [0.5, 0.6) is 0 Å². The molecule has 0 saturated heterocycles. The van der Waals surface area contributed by atoms with Crippen LogP contribution in [-0.2, 0) is 6.54 Å². The summed E-state index contributed by atoms with van der Waals surface area (Å²) in [5.41, 5.74) is 6.48. The smallest absolute Gasteiger partial charge is 0.263 e. The predicted molar refractivity (Wildman–Crippen MR) is 84.5 cm³/mol. The second-order valence-electron chi connectivity index (χ2n) is 4.07. The summed E-state index contributed by atoms with van der Waals surface area (Å²) < 4.78 is 0.911. The quantitative estimate of drug-likeness (QED) is 0.775. The van der Waals surface area contributed by atoms with Crippen molar-refractivity contribution in [3.63, 3.8) is 0 Å². The standard InChI is InChI=1S/C13H10ClN3OS2/c14-7-2-1-3-8-10(7)11(15)12(20-8)13(18)17-6-9-16-4-5-19-9/h1-5H,6,15H2,(H,17,18). The van der Waals surface area contributed by atoms with Crippen molar-refractivity contribution < 1.29 is 4.79 Å². The summed E-state index contributed by atoms with van der Waals surface area (Å²) >= 11 is 8.97. The maximum absolute atomic E-state index is 12.2. The Balaban J connectivity index is 1.88. The number of nitrogens with two attached hydrogens (primary N) is 1. The van der Waals surface area contributed by atoms with Crippen molar-refractivity contribution in [1.29, 1.82) is 0 Å². The number of amides is 1. The van der Waals surface area contributed by atoms with Gasteiger partial charge in [-0.1, -0.05) is 17.7 Å². The van der Waals surface area contributed by atoms with Gasteiger partial charge in [-0.3, -0.25) is 4.79 Å². The van der Waals surface area contributed by atoms with E-state index < -0.39 is 0 Å². The maximum Gasteiger partial charge on any atom is 0.263 e. The number of nitrogens with zero attached hydrogens (tertiary/aromatic N) is 1. The summed E-state index contributed by atoms with van der Waals surface area (Å²) in [7, 11) is 0. The molecule has 0 aliphatic carbocycles. The van der Waals surface area contributed by atoms with Gasteiger partial charge in [0.2, 0.25) is 0 Å². The fraction of sp³-hybridized carbons (Fsp3) is 0.0769. The van der Waals surface area contributed by atoms with Gasteiger partial charge in [-0.05, 0) is 12.1 Å². The molecule has 7 heteroatoms. The van der Waals surface area contributed by atoms with Crippen LogP contribution in [0.15, 0.2) is 29.8 Å². The van der Waals surface area contributed by atoms with Crippen LogP contribution in [0.2, 0.25) is 5.02 Å². The van der Waals surface area contributed by atoms with Crippen molar-refractivity contribution in [2.24, 2.45) is 0 Å². The average molecular weight is 324 g/mol. The second-order valence-corrected chi connectivity index (χ2v) is 6.50. The number of carbonyl (C=O) groups is 1. The van der Waals surface area contributed by atoms with Gasteiger partial charge in [0.1, 0.15) is 9.88 Å². The Morgan fingerprint density at radius 1 is 1.45 bits per heavy atom. The molecule has 3 rings (SSSR count). The molecule has 0 unspecified atom stereocenters. The first-order chi connectivity index (χ1) is 9.66. The Bertz CT molecular complexity index is 767. The minimum Gasteiger partial charge on any atom is -0.397 e. The summed E-state index contributed by atoms with van der Waals surface area (Å²) in [6.07, 6.45) is 1.71. The van der Waals surface area contributed by atoms with Crippen LogP contribution in [0.1, 0.15) is 14.7 Å². The van der Waals surface area contributed by atoms with Crippen LogP contribution in [0.4, 0.5) is 5.69 Å². The van der Waals surface area contributed by atoms with E-state index in [0.717, 1.165) is 15.1 Å². The highest BCUT2D eigenvalue weighted by Gasteiger charge is 2.17. The fourth-order valence-corrected chi connectivity index (χ4v) is 3.83. The molecular formula is C13H10ClN3OS2. The second kappa shape index (κ2) is 5.40. The molecule has 0 saturated carbocycles. The summed E-state index contributed by atoms with van der Waals surface area (Å²) in [5, 5.41) is 6.86. The molecule has 0 spiro atoms. The van der Waals surface area contributed by atoms with Crippen molar-refractivity contribution >= 4 is 56.0 Å². The molecule has 1 amide bonds. The van der Waals surface area contributed by atoms with Gasteiger partial charge < -0.3 is 11.1 Å². The van der Waals surface area contributed by atoms with Gasteiger partial charge >= 0.3 is 0 Å². The number of fused-ring (bicyclic) bond motifs is 1. The van der Waals surface area contributed by atoms with Crippen LogP contribution in [-0.4, -0.2) is 10.9 Å². The molecule has 3 N–H and O–H groups in total. The third-order valence-electron chi connectivity index (χ3n) is 2.79. The third-order valence-corrected chi connectivity index (χ3v) is 5.06. The molecule has 20 heavy (non-hydrogen) atoms. The third kappa shape index (κ3) is 2.37. The minimum atomic E-state index is -0.199. The molecule has 3 aromatic rings. The lowest BCUT2D eigenvalue weighted by Crippen LogP contribution is -2.22. The zero-order valence-corrected chi connectivity index (χ0v) is 12.6. The Morgan fingerprint density at radius 3 is 3.00 bits per heavy atom. The number of benzene rings is 1. The van der Waals surface area contributed by atoms with Gasteiger partial charge in [-0.15, -0.1) is 22.7 Å². The van der Waals surface area contributed by atoms with E-state index in [2.05, 4.69) is 10.3 Å². The largest absolute Gasteiger partial charge is 0.397 e. The Kier molecular flexibility index (Phi) is 3.60. The zero-order chi connectivity index (χ0) is 14.1. The van der Waals surface area contributed by atoms with E-state index in [1.807, 2.05) is 17.5 Å². The van der Waals surface area contributed by atoms with E-state index in [1.54, 1.807) is 12.3 Å². The molecule has 0 atom stereocenters. The van der Waals surface area contributed by atoms with Crippen LogP contribution in [0, 0.1) is 0 Å². The number of halogens is 1. The lowest BCUT2D eigenvalue weighted by atomic mass is 10.2. The monoisotopic (exact) mass is 323 g/mol. The highest BCUT2D eigenvalue weighted by molar-refractivity contribution is 7.21. The van der Waals surface area contributed by atoms with E-state index in [9.17, 15) is 4.79 Å². The number of rotatable bonds is 3. The molecule has 4 nitrogen and oxygen atoms in total. The molecule has 1 aromatic carbocycles. The SMILES string of the molecule is Nc1c(C(=O)NCc2nccs2)sc2cccc(Cl)c12. The number of nitrogen functional groups attached to an aromatic ring is 1. The molecule has 102 valence electrons. The van der Waals surface area contributed by atoms with Crippen molar-refractivity contribution in [1.82, 2.24) is 10.3 Å². The number of anilines is 1. The first-order valence-electron chi connectivity index (χ1n) is 5.80. The molecule has 0 aliphatic heterocycles. The Labute approximate surface area is 128 Å². The van der Waals surface area contributed by atoms with Crippen LogP contribution in [0.3, 0.4) is 0 Å². The van der Waals surface area contributed by atoms with Gasteiger partial charge in [0.25, 0.3) is 5.91 Å². The normalized spacial score (nSPS) is 10.8. The fourth-order valence-electron chi connectivity index (χ4n) is 1.87. The van der Waals surface area contributed by atoms with E-state index in [1.165, 1.54) is 22.7 Å². The minimum absolute atomic E-state index is 0.199.